The maximum absolute atomic E-state index is 2.57. The van der Waals surface area contributed by atoms with Crippen LogP contribution < -0.4 is 0 Å². The van der Waals surface area contributed by atoms with Crippen LogP contribution in [0.15, 0.2) is 0 Å². The molecule has 2 rings (SSSR count). The normalized spacial score (nSPS) is 40.1. The van der Waals surface area contributed by atoms with Crippen LogP contribution in [0.2, 0.25) is 0 Å². The van der Waals surface area contributed by atoms with Crippen LogP contribution in [0.3, 0.4) is 0 Å². The van der Waals surface area contributed by atoms with Gasteiger partial charge in [-0.25, -0.2) is 0 Å². The van der Waals surface area contributed by atoms with E-state index in [9.17, 15) is 0 Å². The van der Waals surface area contributed by atoms with Crippen molar-refractivity contribution in [2.75, 3.05) is 25.1 Å². The minimum Gasteiger partial charge on any atom is -0.303 e. The van der Waals surface area contributed by atoms with Crippen molar-refractivity contribution >= 4 is 11.8 Å². The van der Waals surface area contributed by atoms with Crippen LogP contribution in [-0.2, 0) is 0 Å². The van der Waals surface area contributed by atoms with Crippen molar-refractivity contribution in [1.29, 1.82) is 0 Å². The van der Waals surface area contributed by atoms with Crippen LogP contribution in [0.5, 0.6) is 0 Å². The second-order valence-corrected chi connectivity index (χ2v) is 4.96. The van der Waals surface area contributed by atoms with E-state index < -0.39 is 0 Å². The van der Waals surface area contributed by atoms with Gasteiger partial charge in [0.15, 0.2) is 0 Å². The minimum atomic E-state index is 0.935. The molecule has 0 N–H and O–H groups in total. The zero-order valence-corrected chi connectivity index (χ0v) is 8.07. The number of hydrogen-bond donors (Lipinski definition) is 0. The summed E-state index contributed by atoms with van der Waals surface area (Å²) < 4.78 is 0. The summed E-state index contributed by atoms with van der Waals surface area (Å²) >= 11 is 2.17. The number of likely N-dealkylation sites (tertiary alicyclic amines) is 1. The second-order valence-electron chi connectivity index (χ2n) is 3.81. The van der Waals surface area contributed by atoms with E-state index in [2.05, 4.69) is 23.7 Å². The van der Waals surface area contributed by atoms with Gasteiger partial charge >= 0.3 is 0 Å². The van der Waals surface area contributed by atoms with Crippen molar-refractivity contribution in [3.63, 3.8) is 0 Å². The van der Waals surface area contributed by atoms with Crippen molar-refractivity contribution in [3.05, 3.63) is 0 Å². The topological polar surface area (TPSA) is 3.24 Å². The van der Waals surface area contributed by atoms with Gasteiger partial charge < -0.3 is 4.90 Å². The highest BCUT2D eigenvalue weighted by atomic mass is 32.2. The second kappa shape index (κ2) is 3.36. The number of rotatable bonds is 0. The molecule has 2 heteroatoms. The fourth-order valence-corrected chi connectivity index (χ4v) is 3.60. The van der Waals surface area contributed by atoms with Crippen molar-refractivity contribution in [2.24, 2.45) is 5.92 Å². The molecule has 2 heterocycles. The first kappa shape index (κ1) is 7.93. The molecule has 1 nitrogen and oxygen atoms in total. The molecule has 2 aliphatic rings. The van der Waals surface area contributed by atoms with Crippen LogP contribution >= 0.6 is 11.8 Å². The SMILES string of the molecule is CN1CCC2CSCCCC21. The van der Waals surface area contributed by atoms with Gasteiger partial charge in [0.25, 0.3) is 0 Å². The molecule has 2 saturated heterocycles. The highest BCUT2D eigenvalue weighted by molar-refractivity contribution is 7.99. The molecule has 2 atom stereocenters. The Hall–Kier alpha value is 0.310. The van der Waals surface area contributed by atoms with Crippen LogP contribution in [0.1, 0.15) is 19.3 Å². The molecule has 0 spiro atoms. The molecular weight excluding hydrogens is 154 g/mol. The smallest absolute Gasteiger partial charge is 0.0129 e. The number of nitrogens with zero attached hydrogens (tertiary/aromatic N) is 1. The first-order chi connectivity index (χ1) is 5.38. The third-order valence-corrected chi connectivity index (χ3v) is 4.32. The third-order valence-electron chi connectivity index (χ3n) is 3.08. The van der Waals surface area contributed by atoms with Gasteiger partial charge in [0.1, 0.15) is 0 Å². The number of hydrogen-bond acceptors (Lipinski definition) is 2. The fourth-order valence-electron chi connectivity index (χ4n) is 2.37. The van der Waals surface area contributed by atoms with E-state index >= 15 is 0 Å². The maximum atomic E-state index is 2.57. The predicted octanol–water partition coefficient (Wildman–Crippen LogP) is 1.83. The Balaban J connectivity index is 2.00. The van der Waals surface area contributed by atoms with Gasteiger partial charge in [0.05, 0.1) is 0 Å². The third kappa shape index (κ3) is 1.57. The van der Waals surface area contributed by atoms with E-state index in [1.807, 2.05) is 0 Å². The standard InChI is InChI=1S/C9H17NS/c1-10-5-4-8-7-11-6-2-3-9(8)10/h8-9H,2-7H2,1H3. The van der Waals surface area contributed by atoms with E-state index in [0.717, 1.165) is 12.0 Å². The first-order valence-electron chi connectivity index (χ1n) is 4.66. The summed E-state index contributed by atoms with van der Waals surface area (Å²) in [7, 11) is 2.29. The molecule has 0 aromatic rings. The molecule has 0 saturated carbocycles. The first-order valence-corrected chi connectivity index (χ1v) is 5.81. The minimum absolute atomic E-state index is 0.935. The molecular formula is C9H17NS. The monoisotopic (exact) mass is 171 g/mol. The number of fused-ring (bicyclic) bond motifs is 1. The van der Waals surface area contributed by atoms with Crippen LogP contribution in [-0.4, -0.2) is 36.0 Å². The van der Waals surface area contributed by atoms with Crippen LogP contribution in [0.25, 0.3) is 0 Å². The highest BCUT2D eigenvalue weighted by Crippen LogP contribution is 2.32. The van der Waals surface area contributed by atoms with E-state index in [4.69, 9.17) is 0 Å². The molecule has 2 unspecified atom stereocenters. The molecule has 0 aromatic carbocycles. The summed E-state index contributed by atoms with van der Waals surface area (Å²) in [5.74, 6) is 3.85. The molecule has 0 amide bonds. The van der Waals surface area contributed by atoms with Gasteiger partial charge in [-0.1, -0.05) is 0 Å². The Morgan fingerprint density at radius 2 is 2.27 bits per heavy atom. The zero-order chi connectivity index (χ0) is 7.68. The summed E-state index contributed by atoms with van der Waals surface area (Å²) in [5.41, 5.74) is 0. The zero-order valence-electron chi connectivity index (χ0n) is 7.25. The Kier molecular flexibility index (Phi) is 2.42. The Morgan fingerprint density at radius 1 is 1.36 bits per heavy atom. The average Bonchev–Trinajstić information content (AvgIpc) is 2.25. The lowest BCUT2D eigenvalue weighted by Crippen LogP contribution is -2.29. The summed E-state index contributed by atoms with van der Waals surface area (Å²) in [6, 6.07) is 0.935. The van der Waals surface area contributed by atoms with Crippen LogP contribution in [0, 0.1) is 5.92 Å². The van der Waals surface area contributed by atoms with Gasteiger partial charge in [0.2, 0.25) is 0 Å². The van der Waals surface area contributed by atoms with Gasteiger partial charge in [-0.2, -0.15) is 11.8 Å². The van der Waals surface area contributed by atoms with E-state index in [-0.39, 0.29) is 0 Å². The van der Waals surface area contributed by atoms with Crippen molar-refractivity contribution in [2.45, 2.75) is 25.3 Å². The van der Waals surface area contributed by atoms with Crippen molar-refractivity contribution in [1.82, 2.24) is 4.90 Å². The average molecular weight is 171 g/mol. The molecule has 0 radical (unpaired) electrons. The molecule has 64 valence electrons. The van der Waals surface area contributed by atoms with Crippen molar-refractivity contribution in [3.8, 4) is 0 Å². The quantitative estimate of drug-likeness (QED) is 0.547. The van der Waals surface area contributed by atoms with Crippen LogP contribution in [0.4, 0.5) is 0 Å². The maximum Gasteiger partial charge on any atom is 0.0129 e. The highest BCUT2D eigenvalue weighted by Gasteiger charge is 2.32. The van der Waals surface area contributed by atoms with E-state index in [0.29, 0.717) is 0 Å². The molecule has 2 fully saturated rings. The lowest BCUT2D eigenvalue weighted by Gasteiger charge is -2.21. The summed E-state index contributed by atoms with van der Waals surface area (Å²) in [5, 5.41) is 0. The molecule has 11 heavy (non-hydrogen) atoms. The Labute approximate surface area is 73.5 Å². The summed E-state index contributed by atoms with van der Waals surface area (Å²) in [6.07, 6.45) is 4.35. The van der Waals surface area contributed by atoms with E-state index in [1.165, 1.54) is 37.3 Å². The molecule has 0 aliphatic carbocycles. The lowest BCUT2D eigenvalue weighted by molar-refractivity contribution is 0.268. The van der Waals surface area contributed by atoms with Gasteiger partial charge in [-0.15, -0.1) is 0 Å². The summed E-state index contributed by atoms with van der Waals surface area (Å²) in [4.78, 5) is 2.57. The largest absolute Gasteiger partial charge is 0.303 e. The van der Waals surface area contributed by atoms with E-state index in [1.54, 1.807) is 0 Å². The number of thioether (sulfide) groups is 1. The molecule has 0 aromatic heterocycles. The fraction of sp³-hybridized carbons (Fsp3) is 1.00. The van der Waals surface area contributed by atoms with Gasteiger partial charge in [-0.3, -0.25) is 0 Å². The van der Waals surface area contributed by atoms with Gasteiger partial charge in [0, 0.05) is 6.04 Å². The van der Waals surface area contributed by atoms with Gasteiger partial charge in [-0.05, 0) is 50.3 Å². The Morgan fingerprint density at radius 3 is 3.18 bits per heavy atom. The molecule has 2 aliphatic heterocycles. The summed E-state index contributed by atoms with van der Waals surface area (Å²) in [6.45, 7) is 1.34. The van der Waals surface area contributed by atoms with Crippen molar-refractivity contribution < 1.29 is 0 Å². The Bertz CT molecular complexity index is 138. The molecule has 0 bridgehead atoms. The predicted molar refractivity (Wildman–Crippen MR) is 51.1 cm³/mol. The lowest BCUT2D eigenvalue weighted by atomic mass is 9.99.